The molecule has 11 heteroatoms. The van der Waals surface area contributed by atoms with Gasteiger partial charge in [0.05, 0.1) is 6.42 Å². The molecule has 0 spiro atoms. The zero-order valence-corrected chi connectivity index (χ0v) is 14.3. The second-order valence-electron chi connectivity index (χ2n) is 5.33. The normalized spacial score (nSPS) is 10.7. The number of carbonyl (C=O) groups excluding carboxylic acids is 4. The molecule has 148 valence electrons. The van der Waals surface area contributed by atoms with Crippen LogP contribution in [-0.4, -0.2) is 49.7 Å². The molecule has 0 aliphatic carbocycles. The molecular formula is C16H18F3N3O5. The zero-order valence-electron chi connectivity index (χ0n) is 14.3. The molecule has 0 bridgehead atoms. The Morgan fingerprint density at radius 2 is 1.74 bits per heavy atom. The van der Waals surface area contributed by atoms with Gasteiger partial charge >= 0.3 is 18.2 Å². The molecule has 0 aromatic heterocycles. The minimum Gasteiger partial charge on any atom is -0.456 e. The van der Waals surface area contributed by atoms with Crippen LogP contribution in [0.3, 0.4) is 0 Å². The maximum Gasteiger partial charge on any atom is 0.405 e. The van der Waals surface area contributed by atoms with Crippen molar-refractivity contribution in [3.63, 3.8) is 0 Å². The summed E-state index contributed by atoms with van der Waals surface area (Å²) in [4.78, 5) is 45.7. The number of carbonyl (C=O) groups is 4. The molecule has 0 saturated carbocycles. The van der Waals surface area contributed by atoms with Crippen molar-refractivity contribution in [1.82, 2.24) is 16.0 Å². The number of imide groups is 1. The van der Waals surface area contributed by atoms with E-state index in [9.17, 15) is 32.3 Å². The van der Waals surface area contributed by atoms with Crippen LogP contribution < -0.4 is 16.0 Å². The standard InChI is InChI=1S/C16H18F3N3O5/c1-10-4-2-3-5-11(10)14(25)20-7-6-13(24)27-8-12(23)22-15(26)21-9-16(17,18)19/h2-5H,6-9H2,1H3,(H,20,25)(H2,21,22,23,26). The van der Waals surface area contributed by atoms with Crippen molar-refractivity contribution < 1.29 is 37.1 Å². The number of amides is 4. The number of alkyl halides is 3. The number of hydrogen-bond acceptors (Lipinski definition) is 5. The van der Waals surface area contributed by atoms with Crippen LogP contribution in [0.1, 0.15) is 22.3 Å². The molecule has 3 N–H and O–H groups in total. The highest BCUT2D eigenvalue weighted by Gasteiger charge is 2.28. The van der Waals surface area contributed by atoms with Gasteiger partial charge in [-0.2, -0.15) is 13.2 Å². The number of rotatable bonds is 7. The molecule has 1 aromatic carbocycles. The average molecular weight is 389 g/mol. The summed E-state index contributed by atoms with van der Waals surface area (Å²) in [6.45, 7) is -0.733. The van der Waals surface area contributed by atoms with Gasteiger partial charge in [-0.1, -0.05) is 18.2 Å². The third kappa shape index (κ3) is 9.23. The summed E-state index contributed by atoms with van der Waals surface area (Å²) in [5.74, 6) is -2.29. The maximum absolute atomic E-state index is 11.9. The predicted molar refractivity (Wildman–Crippen MR) is 86.7 cm³/mol. The molecule has 27 heavy (non-hydrogen) atoms. The molecule has 1 rings (SSSR count). The van der Waals surface area contributed by atoms with Crippen LogP contribution >= 0.6 is 0 Å². The Hall–Kier alpha value is -3.11. The fourth-order valence-corrected chi connectivity index (χ4v) is 1.81. The van der Waals surface area contributed by atoms with E-state index in [4.69, 9.17) is 0 Å². The molecule has 0 unspecified atom stereocenters. The van der Waals surface area contributed by atoms with Crippen molar-refractivity contribution in [3.05, 3.63) is 35.4 Å². The van der Waals surface area contributed by atoms with E-state index in [1.54, 1.807) is 36.5 Å². The number of nitrogens with one attached hydrogen (secondary N) is 3. The molecule has 0 aliphatic heterocycles. The van der Waals surface area contributed by atoms with Gasteiger partial charge in [0.15, 0.2) is 6.61 Å². The van der Waals surface area contributed by atoms with Gasteiger partial charge in [0.1, 0.15) is 6.54 Å². The first-order valence-corrected chi connectivity index (χ1v) is 7.72. The molecular weight excluding hydrogens is 371 g/mol. The van der Waals surface area contributed by atoms with Crippen LogP contribution in [0.2, 0.25) is 0 Å². The van der Waals surface area contributed by atoms with Crippen LogP contribution in [-0.2, 0) is 14.3 Å². The van der Waals surface area contributed by atoms with Gasteiger partial charge < -0.3 is 15.4 Å². The topological polar surface area (TPSA) is 114 Å². The van der Waals surface area contributed by atoms with Crippen LogP contribution in [0.25, 0.3) is 0 Å². The fourth-order valence-electron chi connectivity index (χ4n) is 1.81. The number of halogens is 3. The minimum atomic E-state index is -4.62. The van der Waals surface area contributed by atoms with E-state index in [-0.39, 0.29) is 18.9 Å². The second-order valence-corrected chi connectivity index (χ2v) is 5.33. The van der Waals surface area contributed by atoms with Crippen LogP contribution in [0.5, 0.6) is 0 Å². The average Bonchev–Trinajstić information content (AvgIpc) is 2.58. The van der Waals surface area contributed by atoms with Gasteiger partial charge in [0.2, 0.25) is 0 Å². The first-order chi connectivity index (χ1) is 12.6. The van der Waals surface area contributed by atoms with Gasteiger partial charge in [-0.15, -0.1) is 0 Å². The van der Waals surface area contributed by atoms with Gasteiger partial charge in [-0.05, 0) is 18.6 Å². The summed E-state index contributed by atoms with van der Waals surface area (Å²) in [7, 11) is 0. The number of esters is 1. The number of urea groups is 1. The van der Waals surface area contributed by atoms with Gasteiger partial charge in [0.25, 0.3) is 11.8 Å². The molecule has 0 saturated heterocycles. The van der Waals surface area contributed by atoms with E-state index in [1.165, 1.54) is 5.32 Å². The predicted octanol–water partition coefficient (Wildman–Crippen LogP) is 1.05. The van der Waals surface area contributed by atoms with E-state index in [0.717, 1.165) is 5.56 Å². The van der Waals surface area contributed by atoms with Crippen LogP contribution in [0.15, 0.2) is 24.3 Å². The Bertz CT molecular complexity index is 707. The van der Waals surface area contributed by atoms with E-state index in [0.29, 0.717) is 5.56 Å². The third-order valence-corrected chi connectivity index (χ3v) is 3.07. The lowest BCUT2D eigenvalue weighted by Crippen LogP contribution is -2.44. The van der Waals surface area contributed by atoms with Crippen molar-refractivity contribution in [3.8, 4) is 0 Å². The summed E-state index contributed by atoms with van der Waals surface area (Å²) >= 11 is 0. The summed E-state index contributed by atoms with van der Waals surface area (Å²) in [5, 5.41) is 5.51. The first kappa shape index (κ1) is 21.9. The molecule has 0 radical (unpaired) electrons. The van der Waals surface area contributed by atoms with Gasteiger partial charge in [-0.3, -0.25) is 19.7 Å². The second kappa shape index (κ2) is 10.1. The summed E-state index contributed by atoms with van der Waals surface area (Å²) < 4.78 is 40.2. The third-order valence-electron chi connectivity index (χ3n) is 3.07. The van der Waals surface area contributed by atoms with E-state index < -0.39 is 37.2 Å². The molecule has 0 aliphatic rings. The Balaban J connectivity index is 2.23. The lowest BCUT2D eigenvalue weighted by Gasteiger charge is -2.09. The summed E-state index contributed by atoms with van der Waals surface area (Å²) in [6.07, 6.45) is -4.85. The smallest absolute Gasteiger partial charge is 0.405 e. The Labute approximate surface area is 152 Å². The maximum atomic E-state index is 11.9. The van der Waals surface area contributed by atoms with Crippen molar-refractivity contribution >= 4 is 23.8 Å². The van der Waals surface area contributed by atoms with E-state index in [2.05, 4.69) is 10.1 Å². The van der Waals surface area contributed by atoms with Crippen molar-refractivity contribution in [2.24, 2.45) is 0 Å². The van der Waals surface area contributed by atoms with E-state index in [1.807, 2.05) is 0 Å². The van der Waals surface area contributed by atoms with Gasteiger partial charge in [0, 0.05) is 12.1 Å². The lowest BCUT2D eigenvalue weighted by atomic mass is 10.1. The first-order valence-electron chi connectivity index (χ1n) is 7.72. The largest absolute Gasteiger partial charge is 0.456 e. The minimum absolute atomic E-state index is 0.0420. The summed E-state index contributed by atoms with van der Waals surface area (Å²) in [6, 6.07) is 5.49. The quantitative estimate of drug-likeness (QED) is 0.603. The highest BCUT2D eigenvalue weighted by Crippen LogP contribution is 2.11. The SMILES string of the molecule is Cc1ccccc1C(=O)NCCC(=O)OCC(=O)NC(=O)NCC(F)(F)F. The van der Waals surface area contributed by atoms with Gasteiger partial charge in [-0.25, -0.2) is 4.79 Å². The molecule has 0 fully saturated rings. The summed E-state index contributed by atoms with van der Waals surface area (Å²) in [5.41, 5.74) is 1.22. The van der Waals surface area contributed by atoms with Crippen LogP contribution in [0.4, 0.5) is 18.0 Å². The van der Waals surface area contributed by atoms with Crippen molar-refractivity contribution in [2.75, 3.05) is 19.7 Å². The Morgan fingerprint density at radius 3 is 2.37 bits per heavy atom. The lowest BCUT2D eigenvalue weighted by molar-refractivity contribution is -0.148. The van der Waals surface area contributed by atoms with Crippen molar-refractivity contribution in [2.45, 2.75) is 19.5 Å². The highest BCUT2D eigenvalue weighted by molar-refractivity contribution is 5.96. The van der Waals surface area contributed by atoms with Crippen LogP contribution in [0, 0.1) is 6.92 Å². The van der Waals surface area contributed by atoms with Crippen molar-refractivity contribution in [1.29, 1.82) is 0 Å². The molecule has 4 amide bonds. The number of ether oxygens (including phenoxy) is 1. The fraction of sp³-hybridized carbons (Fsp3) is 0.375. The number of benzene rings is 1. The molecule has 8 nitrogen and oxygen atoms in total. The molecule has 1 aromatic rings. The number of aryl methyl sites for hydroxylation is 1. The highest BCUT2D eigenvalue weighted by atomic mass is 19.4. The molecule has 0 heterocycles. The monoisotopic (exact) mass is 389 g/mol. The Morgan fingerprint density at radius 1 is 1.07 bits per heavy atom. The Kier molecular flexibility index (Phi) is 8.24. The molecule has 0 atom stereocenters. The number of hydrogen-bond donors (Lipinski definition) is 3. The van der Waals surface area contributed by atoms with E-state index >= 15 is 0 Å². The zero-order chi connectivity index (χ0) is 20.4.